The van der Waals surface area contributed by atoms with Crippen molar-refractivity contribution < 1.29 is 16.8 Å². The number of anilines is 1. The van der Waals surface area contributed by atoms with Gasteiger partial charge in [0, 0.05) is 25.6 Å². The predicted molar refractivity (Wildman–Crippen MR) is 102 cm³/mol. The molecule has 0 radical (unpaired) electrons. The Morgan fingerprint density at radius 1 is 1.00 bits per heavy atom. The molecule has 1 aromatic carbocycles. The van der Waals surface area contributed by atoms with Gasteiger partial charge in [-0.1, -0.05) is 19.8 Å². The maximum absolute atomic E-state index is 12.2. The van der Waals surface area contributed by atoms with Crippen molar-refractivity contribution in [1.82, 2.24) is 0 Å². The molecular formula is C18H29NO4S2. The summed E-state index contributed by atoms with van der Waals surface area (Å²) in [6.45, 7) is 2.21. The molecule has 1 saturated carbocycles. The smallest absolute Gasteiger partial charge is 0.177 e. The maximum Gasteiger partial charge on any atom is 0.177 e. The third-order valence-electron chi connectivity index (χ3n) is 5.20. The van der Waals surface area contributed by atoms with Gasteiger partial charge in [0.1, 0.15) is 0 Å². The van der Waals surface area contributed by atoms with Gasteiger partial charge in [0.05, 0.1) is 15.5 Å². The zero-order valence-corrected chi connectivity index (χ0v) is 17.2. The van der Waals surface area contributed by atoms with E-state index in [4.69, 9.17) is 0 Å². The molecule has 5 nitrogen and oxygen atoms in total. The Bertz CT molecular complexity index is 807. The molecule has 25 heavy (non-hydrogen) atoms. The molecule has 0 bridgehead atoms. The average molecular weight is 388 g/mol. The molecule has 2 rings (SSSR count). The van der Waals surface area contributed by atoms with Gasteiger partial charge in [0.25, 0.3) is 0 Å². The van der Waals surface area contributed by atoms with E-state index in [9.17, 15) is 16.8 Å². The number of sulfone groups is 2. The molecule has 1 aliphatic carbocycles. The van der Waals surface area contributed by atoms with Crippen LogP contribution in [0.25, 0.3) is 0 Å². The lowest BCUT2D eigenvalue weighted by Gasteiger charge is -2.36. The molecule has 0 heterocycles. The molecule has 0 aromatic heterocycles. The fourth-order valence-corrected chi connectivity index (χ4v) is 5.39. The summed E-state index contributed by atoms with van der Waals surface area (Å²) in [5, 5.41) is 0. The van der Waals surface area contributed by atoms with Crippen LogP contribution < -0.4 is 4.90 Å². The third-order valence-corrected chi connectivity index (χ3v) is 7.44. The van der Waals surface area contributed by atoms with Crippen molar-refractivity contribution in [2.24, 2.45) is 5.92 Å². The van der Waals surface area contributed by atoms with Gasteiger partial charge in [-0.05, 0) is 49.8 Å². The van der Waals surface area contributed by atoms with E-state index in [-0.39, 0.29) is 15.8 Å². The second-order valence-electron chi connectivity index (χ2n) is 7.25. The largest absolute Gasteiger partial charge is 0.371 e. The Morgan fingerprint density at radius 2 is 1.60 bits per heavy atom. The summed E-state index contributed by atoms with van der Waals surface area (Å²) in [5.41, 5.74) is 0.592. The number of benzene rings is 1. The highest BCUT2D eigenvalue weighted by molar-refractivity contribution is 7.91. The summed E-state index contributed by atoms with van der Waals surface area (Å²) in [7, 11) is -5.06. The van der Waals surface area contributed by atoms with Crippen LogP contribution in [0.2, 0.25) is 0 Å². The van der Waals surface area contributed by atoms with Crippen molar-refractivity contribution in [3.05, 3.63) is 18.2 Å². The lowest BCUT2D eigenvalue weighted by molar-refractivity contribution is 0.303. The monoisotopic (exact) mass is 387 g/mol. The topological polar surface area (TPSA) is 71.5 Å². The fourth-order valence-electron chi connectivity index (χ4n) is 3.74. The third kappa shape index (κ3) is 4.97. The Labute approximate surface area is 152 Å². The molecular weight excluding hydrogens is 358 g/mol. The zero-order chi connectivity index (χ0) is 18.8. The fraction of sp³-hybridized carbons (Fsp3) is 0.667. The predicted octanol–water partition coefficient (Wildman–Crippen LogP) is 3.29. The lowest BCUT2D eigenvalue weighted by Crippen LogP contribution is -2.36. The van der Waals surface area contributed by atoms with Gasteiger partial charge in [-0.2, -0.15) is 0 Å². The molecule has 0 atom stereocenters. The van der Waals surface area contributed by atoms with E-state index in [0.29, 0.717) is 5.69 Å². The standard InChI is InChI=1S/C18H29NO4S2/c1-5-6-14-7-9-15(10-8-14)19(2)17-12-11-16(24(3,20)21)13-18(17)25(4,22)23/h11-15H,5-10H2,1-4H3. The minimum Gasteiger partial charge on any atom is -0.371 e. The van der Waals surface area contributed by atoms with E-state index < -0.39 is 19.7 Å². The molecule has 7 heteroatoms. The Balaban J connectivity index is 2.32. The van der Waals surface area contributed by atoms with E-state index in [1.807, 2.05) is 11.9 Å². The van der Waals surface area contributed by atoms with Crippen LogP contribution in [0.4, 0.5) is 5.69 Å². The van der Waals surface area contributed by atoms with Gasteiger partial charge in [-0.3, -0.25) is 0 Å². The zero-order valence-electron chi connectivity index (χ0n) is 15.5. The molecule has 1 fully saturated rings. The SMILES string of the molecule is CCCC1CCC(N(C)c2ccc(S(C)(=O)=O)cc2S(C)(=O)=O)CC1. The molecule has 1 aromatic rings. The van der Waals surface area contributed by atoms with Crippen LogP contribution in [-0.4, -0.2) is 42.4 Å². The Hall–Kier alpha value is -1.08. The second-order valence-corrected chi connectivity index (χ2v) is 11.2. The first kappa shape index (κ1) is 20.2. The lowest BCUT2D eigenvalue weighted by atomic mass is 9.83. The Kier molecular flexibility index (Phi) is 6.20. The van der Waals surface area contributed by atoms with Gasteiger partial charge < -0.3 is 4.90 Å². The summed E-state index contributed by atoms with van der Waals surface area (Å²) in [6, 6.07) is 4.71. The quantitative estimate of drug-likeness (QED) is 0.749. The molecule has 0 unspecified atom stereocenters. The van der Waals surface area contributed by atoms with E-state index in [1.54, 1.807) is 6.07 Å². The van der Waals surface area contributed by atoms with Crippen LogP contribution in [0.5, 0.6) is 0 Å². The molecule has 0 saturated heterocycles. The van der Waals surface area contributed by atoms with Crippen molar-refractivity contribution in [3.63, 3.8) is 0 Å². The molecule has 0 spiro atoms. The van der Waals surface area contributed by atoms with Crippen molar-refractivity contribution in [2.75, 3.05) is 24.5 Å². The molecule has 0 amide bonds. The Morgan fingerprint density at radius 3 is 2.08 bits per heavy atom. The highest BCUT2D eigenvalue weighted by atomic mass is 32.2. The van der Waals surface area contributed by atoms with Crippen LogP contribution in [0.15, 0.2) is 28.0 Å². The average Bonchev–Trinajstić information content (AvgIpc) is 2.53. The summed E-state index contributed by atoms with van der Waals surface area (Å²) in [4.78, 5) is 2.15. The van der Waals surface area contributed by atoms with Crippen LogP contribution in [0.1, 0.15) is 45.4 Å². The van der Waals surface area contributed by atoms with Gasteiger partial charge >= 0.3 is 0 Å². The molecule has 0 aliphatic heterocycles. The molecule has 1 aliphatic rings. The minimum absolute atomic E-state index is 0.0386. The van der Waals surface area contributed by atoms with Crippen molar-refractivity contribution in [3.8, 4) is 0 Å². The van der Waals surface area contributed by atoms with Gasteiger partial charge in [-0.25, -0.2) is 16.8 Å². The van der Waals surface area contributed by atoms with Gasteiger partial charge in [-0.15, -0.1) is 0 Å². The summed E-state index contributed by atoms with van der Waals surface area (Å²) in [5.74, 6) is 0.775. The summed E-state index contributed by atoms with van der Waals surface area (Å²) >= 11 is 0. The highest BCUT2D eigenvalue weighted by Crippen LogP contribution is 2.35. The first-order valence-corrected chi connectivity index (χ1v) is 12.6. The second kappa shape index (κ2) is 7.66. The van der Waals surface area contributed by atoms with E-state index in [2.05, 4.69) is 6.92 Å². The van der Waals surface area contributed by atoms with E-state index >= 15 is 0 Å². The van der Waals surface area contributed by atoms with E-state index in [1.165, 1.54) is 37.8 Å². The first-order chi connectivity index (χ1) is 11.5. The van der Waals surface area contributed by atoms with E-state index in [0.717, 1.165) is 31.3 Å². The number of hydrogen-bond acceptors (Lipinski definition) is 5. The van der Waals surface area contributed by atoms with Crippen molar-refractivity contribution in [1.29, 1.82) is 0 Å². The van der Waals surface area contributed by atoms with Crippen molar-refractivity contribution in [2.45, 2.75) is 61.3 Å². The minimum atomic E-state index is -3.53. The van der Waals surface area contributed by atoms with Crippen LogP contribution in [-0.2, 0) is 19.7 Å². The summed E-state index contributed by atoms with van der Waals surface area (Å²) in [6.07, 6.45) is 9.09. The molecule has 142 valence electrons. The normalized spacial score (nSPS) is 21.9. The number of hydrogen-bond donors (Lipinski definition) is 0. The number of nitrogens with zero attached hydrogens (tertiary/aromatic N) is 1. The van der Waals surface area contributed by atoms with Crippen LogP contribution in [0, 0.1) is 5.92 Å². The molecule has 0 N–H and O–H groups in total. The first-order valence-electron chi connectivity index (χ1n) is 8.81. The highest BCUT2D eigenvalue weighted by Gasteiger charge is 2.27. The van der Waals surface area contributed by atoms with Crippen LogP contribution >= 0.6 is 0 Å². The van der Waals surface area contributed by atoms with Gasteiger partial charge in [0.2, 0.25) is 0 Å². The van der Waals surface area contributed by atoms with Crippen LogP contribution in [0.3, 0.4) is 0 Å². The van der Waals surface area contributed by atoms with Gasteiger partial charge in [0.15, 0.2) is 19.7 Å². The number of rotatable bonds is 6. The maximum atomic E-state index is 12.2. The van der Waals surface area contributed by atoms with Crippen molar-refractivity contribution >= 4 is 25.4 Å². The summed E-state index contributed by atoms with van der Waals surface area (Å²) < 4.78 is 48.0.